The third kappa shape index (κ3) is 2.91. The van der Waals surface area contributed by atoms with Gasteiger partial charge in [-0.2, -0.15) is 0 Å². The van der Waals surface area contributed by atoms with E-state index in [-0.39, 0.29) is 5.78 Å². The number of ketones is 1. The van der Waals surface area contributed by atoms with Crippen molar-refractivity contribution in [2.45, 2.75) is 13.0 Å². The van der Waals surface area contributed by atoms with Crippen LogP contribution in [0.3, 0.4) is 0 Å². The van der Waals surface area contributed by atoms with Gasteiger partial charge in [0.2, 0.25) is 5.78 Å². The Kier molecular flexibility index (Phi) is 4.28. The number of aliphatic imine (C=N–C) groups is 1. The average Bonchev–Trinajstić information content (AvgIpc) is 3.41. The van der Waals surface area contributed by atoms with Gasteiger partial charge in [-0.3, -0.25) is 14.4 Å². The van der Waals surface area contributed by atoms with Crippen molar-refractivity contribution in [2.75, 3.05) is 7.11 Å². The molecule has 1 atom stereocenters. The highest BCUT2D eigenvalue weighted by molar-refractivity contribution is 6.08. The lowest BCUT2D eigenvalue weighted by atomic mass is 9.97. The summed E-state index contributed by atoms with van der Waals surface area (Å²) < 4.78 is 9.02. The zero-order chi connectivity index (χ0) is 20.7. The Bertz CT molecular complexity index is 1250. The second-order valence-electron chi connectivity index (χ2n) is 7.03. The summed E-state index contributed by atoms with van der Waals surface area (Å²) in [5.74, 6) is 1.58. The number of benzene rings is 2. The molecule has 7 nitrogen and oxygen atoms in total. The van der Waals surface area contributed by atoms with Crippen molar-refractivity contribution in [3.05, 3.63) is 90.0 Å². The smallest absolute Gasteiger partial charge is 0.210 e. The topological polar surface area (TPSA) is 74.3 Å². The largest absolute Gasteiger partial charge is 0.497 e. The first-order valence-electron chi connectivity index (χ1n) is 9.55. The highest BCUT2D eigenvalue weighted by Crippen LogP contribution is 2.30. The number of hydrogen-bond acceptors (Lipinski definition) is 5. The molecular weight excluding hydrogens is 378 g/mol. The van der Waals surface area contributed by atoms with Gasteiger partial charge < -0.3 is 9.30 Å². The highest BCUT2D eigenvalue weighted by atomic mass is 16.5. The molecule has 1 aliphatic heterocycles. The number of methoxy groups -OCH3 is 1. The van der Waals surface area contributed by atoms with Crippen LogP contribution >= 0.6 is 0 Å². The summed E-state index contributed by atoms with van der Waals surface area (Å²) in [5.41, 5.74) is 3.79. The third-order valence-electron chi connectivity index (χ3n) is 5.29. The third-order valence-corrected chi connectivity index (χ3v) is 5.29. The van der Waals surface area contributed by atoms with Crippen LogP contribution in [0.5, 0.6) is 5.75 Å². The quantitative estimate of drug-likeness (QED) is 0.526. The maximum absolute atomic E-state index is 13.3. The Morgan fingerprint density at radius 1 is 0.933 bits per heavy atom. The van der Waals surface area contributed by atoms with Crippen molar-refractivity contribution in [3.8, 4) is 17.1 Å². The predicted octanol–water partition coefficient (Wildman–Crippen LogP) is 3.73. The number of carbonyl (C=O) groups is 1. The molecule has 148 valence electrons. The van der Waals surface area contributed by atoms with Crippen molar-refractivity contribution in [1.82, 2.24) is 19.1 Å². The Labute approximate surface area is 173 Å². The lowest BCUT2D eigenvalue weighted by Crippen LogP contribution is -2.20. The summed E-state index contributed by atoms with van der Waals surface area (Å²) >= 11 is 0. The second kappa shape index (κ2) is 7.11. The van der Waals surface area contributed by atoms with Gasteiger partial charge >= 0.3 is 0 Å². The van der Waals surface area contributed by atoms with Crippen molar-refractivity contribution in [2.24, 2.45) is 4.99 Å². The summed E-state index contributed by atoms with van der Waals surface area (Å²) in [6, 6.07) is 14.8. The zero-order valence-electron chi connectivity index (χ0n) is 16.6. The Morgan fingerprint density at radius 3 is 2.30 bits per heavy atom. The molecule has 1 unspecified atom stereocenters. The summed E-state index contributed by atoms with van der Waals surface area (Å²) in [6.07, 6.45) is 7.01. The van der Waals surface area contributed by atoms with Gasteiger partial charge in [-0.1, -0.05) is 12.1 Å². The Balaban J connectivity index is 1.48. The van der Waals surface area contributed by atoms with Crippen LogP contribution in [0.25, 0.3) is 11.4 Å². The van der Waals surface area contributed by atoms with Crippen molar-refractivity contribution in [1.29, 1.82) is 0 Å². The fourth-order valence-corrected chi connectivity index (χ4v) is 3.69. The normalized spacial score (nSPS) is 15.3. The number of rotatable bonds is 4. The van der Waals surface area contributed by atoms with Gasteiger partial charge in [0.15, 0.2) is 0 Å². The van der Waals surface area contributed by atoms with Gasteiger partial charge in [0, 0.05) is 23.8 Å². The van der Waals surface area contributed by atoms with Gasteiger partial charge in [-0.15, -0.1) is 0 Å². The van der Waals surface area contributed by atoms with Gasteiger partial charge in [0.05, 0.1) is 13.3 Å². The van der Waals surface area contributed by atoms with Crippen LogP contribution in [0.1, 0.15) is 33.6 Å². The van der Waals surface area contributed by atoms with Crippen LogP contribution in [0.15, 0.2) is 72.2 Å². The average molecular weight is 397 g/mol. The van der Waals surface area contributed by atoms with E-state index in [1.165, 1.54) is 0 Å². The number of imidazole rings is 2. The summed E-state index contributed by atoms with van der Waals surface area (Å²) in [7, 11) is 1.62. The molecule has 0 spiro atoms. The first-order chi connectivity index (χ1) is 14.7. The van der Waals surface area contributed by atoms with Crippen LogP contribution in [0.4, 0.5) is 0 Å². The molecule has 0 N–H and O–H groups in total. The molecule has 2 aromatic carbocycles. The maximum Gasteiger partial charge on any atom is 0.210 e. The van der Waals surface area contributed by atoms with Crippen LogP contribution in [0.2, 0.25) is 0 Å². The molecule has 0 bridgehead atoms. The van der Waals surface area contributed by atoms with E-state index in [0.29, 0.717) is 11.4 Å². The zero-order valence-corrected chi connectivity index (χ0v) is 16.6. The number of fused-ring (bicyclic) bond motifs is 1. The highest BCUT2D eigenvalue weighted by Gasteiger charge is 2.30. The maximum atomic E-state index is 13.3. The molecule has 3 heterocycles. The van der Waals surface area contributed by atoms with Crippen LogP contribution < -0.4 is 4.74 Å². The van der Waals surface area contributed by atoms with Crippen LogP contribution in [-0.4, -0.2) is 38.2 Å². The number of carbonyl (C=O) groups excluding carboxylic acids is 1. The van der Waals surface area contributed by atoms with Crippen LogP contribution in [0, 0.1) is 6.92 Å². The van der Waals surface area contributed by atoms with Crippen molar-refractivity contribution >= 4 is 12.0 Å². The standard InChI is InChI=1S/C23H19N5O2/c1-15-24-11-12-27(15)17-5-3-16(4-6-17)21-23(29)22-20(13-25-21)26-14-28(22)18-7-9-19(30-2)10-8-18/h3-14,21H,1-2H3. The first-order valence-corrected chi connectivity index (χ1v) is 9.55. The molecule has 2 aromatic heterocycles. The molecule has 0 radical (unpaired) electrons. The predicted molar refractivity (Wildman–Crippen MR) is 113 cm³/mol. The molecule has 5 rings (SSSR count). The minimum Gasteiger partial charge on any atom is -0.497 e. The first kappa shape index (κ1) is 18.1. The van der Waals surface area contributed by atoms with E-state index in [2.05, 4.69) is 15.0 Å². The molecule has 4 aromatic rings. The second-order valence-corrected chi connectivity index (χ2v) is 7.03. The molecule has 0 saturated carbocycles. The van der Waals surface area contributed by atoms with Crippen molar-refractivity contribution in [3.63, 3.8) is 0 Å². The van der Waals surface area contributed by atoms with E-state index >= 15 is 0 Å². The minimum atomic E-state index is -0.593. The minimum absolute atomic E-state index is 0.0765. The van der Waals surface area contributed by atoms with E-state index < -0.39 is 6.04 Å². The number of hydrogen-bond donors (Lipinski definition) is 0. The SMILES string of the molecule is COc1ccc(-n2cnc3c2C(=O)C(c2ccc(-n4ccnc4C)cc2)N=C3)cc1. The van der Waals surface area contributed by atoms with Gasteiger partial charge in [0.1, 0.15) is 35.3 Å². The van der Waals surface area contributed by atoms with E-state index in [0.717, 1.165) is 28.5 Å². The summed E-state index contributed by atoms with van der Waals surface area (Å²) in [5, 5.41) is 0. The lowest BCUT2D eigenvalue weighted by molar-refractivity contribution is 0.0953. The molecule has 0 fully saturated rings. The summed E-state index contributed by atoms with van der Waals surface area (Å²) in [6.45, 7) is 1.95. The van der Waals surface area contributed by atoms with E-state index in [1.807, 2.05) is 66.2 Å². The molecule has 30 heavy (non-hydrogen) atoms. The fraction of sp³-hybridized carbons (Fsp3) is 0.130. The number of Topliss-reactive ketones (excluding diaryl/α,β-unsaturated/α-hetero) is 1. The van der Waals surface area contributed by atoms with Crippen LogP contribution in [-0.2, 0) is 0 Å². The van der Waals surface area contributed by atoms with Gasteiger partial charge in [0.25, 0.3) is 0 Å². The number of aromatic nitrogens is 4. The molecular formula is C23H19N5O2. The Hall–Kier alpha value is -4.00. The molecule has 0 amide bonds. The lowest BCUT2D eigenvalue weighted by Gasteiger charge is -2.18. The van der Waals surface area contributed by atoms with Gasteiger partial charge in [-0.25, -0.2) is 9.97 Å². The number of aryl methyl sites for hydroxylation is 1. The Morgan fingerprint density at radius 2 is 1.63 bits per heavy atom. The van der Waals surface area contributed by atoms with E-state index in [4.69, 9.17) is 4.74 Å². The monoisotopic (exact) mass is 397 g/mol. The van der Waals surface area contributed by atoms with Crippen molar-refractivity contribution < 1.29 is 9.53 Å². The van der Waals surface area contributed by atoms with E-state index in [9.17, 15) is 4.79 Å². The molecule has 1 aliphatic rings. The van der Waals surface area contributed by atoms with Gasteiger partial charge in [-0.05, 0) is 48.9 Å². The summed E-state index contributed by atoms with van der Waals surface area (Å²) in [4.78, 5) is 26.4. The molecule has 7 heteroatoms. The molecule has 0 aliphatic carbocycles. The fourth-order valence-electron chi connectivity index (χ4n) is 3.69. The van der Waals surface area contributed by atoms with E-state index in [1.54, 1.807) is 30.4 Å². The number of nitrogens with zero attached hydrogens (tertiary/aromatic N) is 5. The molecule has 0 saturated heterocycles. The number of ether oxygens (including phenoxy) is 1.